The van der Waals surface area contributed by atoms with Gasteiger partial charge in [-0.15, -0.1) is 0 Å². The molecule has 0 radical (unpaired) electrons. The summed E-state index contributed by atoms with van der Waals surface area (Å²) in [5.74, 6) is 0. The van der Waals surface area contributed by atoms with E-state index in [1.54, 1.807) is 0 Å². The third-order valence-corrected chi connectivity index (χ3v) is 3.83. The lowest BCUT2D eigenvalue weighted by atomic mass is 10.1. The summed E-state index contributed by atoms with van der Waals surface area (Å²) in [5.41, 5.74) is 4.58. The van der Waals surface area contributed by atoms with Crippen molar-refractivity contribution in [3.05, 3.63) is 77.5 Å². The zero-order chi connectivity index (χ0) is 15.2. The highest BCUT2D eigenvalue weighted by molar-refractivity contribution is 5.87. The molecule has 0 spiro atoms. The summed E-state index contributed by atoms with van der Waals surface area (Å²) < 4.78 is 0. The van der Waals surface area contributed by atoms with Crippen LogP contribution in [0.2, 0.25) is 0 Å². The smallest absolute Gasteiger partial charge is 0.0670 e. The van der Waals surface area contributed by atoms with Crippen LogP contribution in [0, 0.1) is 11.3 Å². The van der Waals surface area contributed by atoms with E-state index >= 15 is 0 Å². The van der Waals surface area contributed by atoms with Crippen LogP contribution in [0.4, 0.5) is 0 Å². The maximum atomic E-state index is 9.05. The van der Waals surface area contributed by atoms with Crippen LogP contribution in [0.15, 0.2) is 60.7 Å². The molecule has 0 saturated heterocycles. The van der Waals surface area contributed by atoms with Gasteiger partial charge >= 0.3 is 0 Å². The molecule has 0 fully saturated rings. The van der Waals surface area contributed by atoms with Crippen molar-refractivity contribution in [3.63, 3.8) is 0 Å². The molecule has 0 aliphatic heterocycles. The Bertz CT molecular complexity index is 820. The summed E-state index contributed by atoms with van der Waals surface area (Å²) in [6.45, 7) is 0. The zero-order valence-corrected chi connectivity index (χ0v) is 12.4. The number of allylic oxidation sites excluding steroid dienone is 1. The van der Waals surface area contributed by atoms with Gasteiger partial charge in [0.2, 0.25) is 0 Å². The van der Waals surface area contributed by atoms with E-state index in [1.165, 1.54) is 5.56 Å². The molecule has 1 heterocycles. The van der Waals surface area contributed by atoms with Gasteiger partial charge in [-0.05, 0) is 36.1 Å². The summed E-state index contributed by atoms with van der Waals surface area (Å²) in [7, 11) is 0. The standard InChI is InChI=1S/C20H18N2/c21-15-14-18-17-11-5-7-13-19(17)22-20(18)12-6-4-10-16-8-2-1-3-9-16/h1-3,5-9,11-13,22H,4,10,14H2/b12-6+. The largest absolute Gasteiger partial charge is 0.355 e. The van der Waals surface area contributed by atoms with E-state index in [9.17, 15) is 0 Å². The van der Waals surface area contributed by atoms with Gasteiger partial charge in [-0.1, -0.05) is 54.6 Å². The van der Waals surface area contributed by atoms with Gasteiger partial charge in [0.05, 0.1) is 12.5 Å². The van der Waals surface area contributed by atoms with Gasteiger partial charge < -0.3 is 4.98 Å². The Hall–Kier alpha value is -2.79. The van der Waals surface area contributed by atoms with Crippen LogP contribution in [-0.4, -0.2) is 4.98 Å². The molecule has 0 aliphatic rings. The molecule has 2 nitrogen and oxygen atoms in total. The molecule has 0 bridgehead atoms. The fraction of sp³-hybridized carbons (Fsp3) is 0.150. The number of benzene rings is 2. The summed E-state index contributed by atoms with van der Waals surface area (Å²) >= 11 is 0. The second kappa shape index (κ2) is 6.78. The Kier molecular flexibility index (Phi) is 4.36. The van der Waals surface area contributed by atoms with Crippen LogP contribution >= 0.6 is 0 Å². The van der Waals surface area contributed by atoms with Gasteiger partial charge in [0.1, 0.15) is 0 Å². The van der Waals surface area contributed by atoms with E-state index in [0.29, 0.717) is 6.42 Å². The third kappa shape index (κ3) is 3.10. The lowest BCUT2D eigenvalue weighted by Crippen LogP contribution is -1.84. The van der Waals surface area contributed by atoms with Gasteiger partial charge in [0, 0.05) is 16.6 Å². The number of aromatic nitrogens is 1. The number of nitrogens with zero attached hydrogens (tertiary/aromatic N) is 1. The Morgan fingerprint density at radius 1 is 1.00 bits per heavy atom. The first kappa shape index (κ1) is 14.2. The Balaban J connectivity index is 1.77. The average molecular weight is 286 g/mol. The molecule has 1 aromatic heterocycles. The minimum Gasteiger partial charge on any atom is -0.355 e. The molecule has 3 rings (SSSR count). The first-order valence-electron chi connectivity index (χ1n) is 7.55. The van der Waals surface area contributed by atoms with Crippen molar-refractivity contribution in [1.29, 1.82) is 5.26 Å². The number of aryl methyl sites for hydroxylation is 1. The predicted molar refractivity (Wildman–Crippen MR) is 91.4 cm³/mol. The molecule has 0 unspecified atom stereocenters. The number of nitrogens with one attached hydrogen (secondary N) is 1. The lowest BCUT2D eigenvalue weighted by molar-refractivity contribution is 1.00. The molecule has 1 N–H and O–H groups in total. The first-order chi connectivity index (χ1) is 10.9. The highest BCUT2D eigenvalue weighted by atomic mass is 14.7. The van der Waals surface area contributed by atoms with Gasteiger partial charge in [-0.3, -0.25) is 0 Å². The average Bonchev–Trinajstić information content (AvgIpc) is 2.91. The molecule has 2 aromatic carbocycles. The predicted octanol–water partition coefficient (Wildman–Crippen LogP) is 4.88. The summed E-state index contributed by atoms with van der Waals surface area (Å²) in [6.07, 6.45) is 6.74. The molecule has 0 atom stereocenters. The number of fused-ring (bicyclic) bond motifs is 1. The highest BCUT2D eigenvalue weighted by Crippen LogP contribution is 2.24. The zero-order valence-electron chi connectivity index (χ0n) is 12.4. The van der Waals surface area contributed by atoms with Crippen LogP contribution < -0.4 is 0 Å². The number of rotatable bonds is 5. The first-order valence-corrected chi connectivity index (χ1v) is 7.55. The minimum absolute atomic E-state index is 0.433. The topological polar surface area (TPSA) is 39.6 Å². The fourth-order valence-corrected chi connectivity index (χ4v) is 2.73. The van der Waals surface area contributed by atoms with Crippen LogP contribution in [0.1, 0.15) is 23.2 Å². The summed E-state index contributed by atoms with van der Waals surface area (Å²) in [5, 5.41) is 10.2. The second-order valence-electron chi connectivity index (χ2n) is 5.32. The summed E-state index contributed by atoms with van der Waals surface area (Å²) in [6, 6.07) is 20.9. The lowest BCUT2D eigenvalue weighted by Gasteiger charge is -1.97. The maximum absolute atomic E-state index is 9.05. The second-order valence-corrected chi connectivity index (χ2v) is 5.32. The summed E-state index contributed by atoms with van der Waals surface area (Å²) in [4.78, 5) is 3.41. The molecule has 0 amide bonds. The number of hydrogen-bond acceptors (Lipinski definition) is 1. The molecule has 2 heteroatoms. The van der Waals surface area contributed by atoms with E-state index in [-0.39, 0.29) is 0 Å². The highest BCUT2D eigenvalue weighted by Gasteiger charge is 2.08. The van der Waals surface area contributed by atoms with Gasteiger partial charge in [-0.25, -0.2) is 0 Å². The van der Waals surface area contributed by atoms with E-state index in [4.69, 9.17) is 5.26 Å². The normalized spacial score (nSPS) is 11.0. The number of para-hydroxylation sites is 1. The molecule has 0 saturated carbocycles. The number of aromatic amines is 1. The molecule has 3 aromatic rings. The van der Waals surface area contributed by atoms with Crippen molar-refractivity contribution < 1.29 is 0 Å². The SMILES string of the molecule is N#CCc1c(/C=C/CCc2ccccc2)[nH]c2ccccc12. The van der Waals surface area contributed by atoms with E-state index in [2.05, 4.69) is 59.6 Å². The van der Waals surface area contributed by atoms with Gasteiger partial charge in [0.15, 0.2) is 0 Å². The molecular weight excluding hydrogens is 268 g/mol. The Labute approximate surface area is 130 Å². The van der Waals surface area contributed by atoms with Crippen molar-refractivity contribution in [2.45, 2.75) is 19.3 Å². The van der Waals surface area contributed by atoms with E-state index in [1.807, 2.05) is 18.2 Å². The molecule has 0 aliphatic carbocycles. The van der Waals surface area contributed by atoms with Gasteiger partial charge in [0.25, 0.3) is 0 Å². The molecular formula is C20H18N2. The fourth-order valence-electron chi connectivity index (χ4n) is 2.73. The van der Waals surface area contributed by atoms with Crippen molar-refractivity contribution in [2.75, 3.05) is 0 Å². The number of H-pyrrole nitrogens is 1. The van der Waals surface area contributed by atoms with Gasteiger partial charge in [-0.2, -0.15) is 5.26 Å². The van der Waals surface area contributed by atoms with E-state index in [0.717, 1.165) is 35.0 Å². The van der Waals surface area contributed by atoms with Crippen LogP contribution in [-0.2, 0) is 12.8 Å². The van der Waals surface area contributed by atoms with Crippen molar-refractivity contribution >= 4 is 17.0 Å². The van der Waals surface area contributed by atoms with Crippen molar-refractivity contribution in [2.24, 2.45) is 0 Å². The maximum Gasteiger partial charge on any atom is 0.0670 e. The third-order valence-electron chi connectivity index (χ3n) is 3.83. The Morgan fingerprint density at radius 3 is 2.59 bits per heavy atom. The molecule has 108 valence electrons. The number of nitriles is 1. The molecule has 22 heavy (non-hydrogen) atoms. The van der Waals surface area contributed by atoms with Crippen LogP contribution in [0.5, 0.6) is 0 Å². The van der Waals surface area contributed by atoms with Crippen LogP contribution in [0.25, 0.3) is 17.0 Å². The number of hydrogen-bond donors (Lipinski definition) is 1. The minimum atomic E-state index is 0.433. The Morgan fingerprint density at radius 2 is 1.77 bits per heavy atom. The van der Waals surface area contributed by atoms with Crippen LogP contribution in [0.3, 0.4) is 0 Å². The van der Waals surface area contributed by atoms with E-state index < -0.39 is 0 Å². The van der Waals surface area contributed by atoms with Crippen molar-refractivity contribution in [1.82, 2.24) is 4.98 Å². The van der Waals surface area contributed by atoms with Crippen molar-refractivity contribution in [3.8, 4) is 6.07 Å². The monoisotopic (exact) mass is 286 g/mol. The quantitative estimate of drug-likeness (QED) is 0.713.